The van der Waals surface area contributed by atoms with Crippen molar-refractivity contribution in [3.8, 4) is 0 Å². The van der Waals surface area contributed by atoms with Gasteiger partial charge in [0.05, 0.1) is 25.9 Å². The van der Waals surface area contributed by atoms with Crippen LogP contribution in [0.2, 0.25) is 0 Å². The normalized spacial score (nSPS) is 53.4. The molecule has 320 valence electrons. The number of Topliss-reactive ketones (excluding diaryl/α,β-unsaturated/α-hetero) is 1. The molecule has 0 aromatic carbocycles. The lowest BCUT2D eigenvalue weighted by Crippen LogP contribution is -2.65. The van der Waals surface area contributed by atoms with Crippen LogP contribution in [-0.2, 0) is 33.2 Å². The average Bonchev–Trinajstić information content (AvgIpc) is 3.54. The van der Waals surface area contributed by atoms with Crippen LogP contribution in [-0.4, -0.2) is 175 Å². The molecule has 10 N–H and O–H groups in total. The van der Waals surface area contributed by atoms with Crippen LogP contribution in [0.5, 0.6) is 0 Å². The number of rotatable bonds is 10. The van der Waals surface area contributed by atoms with Crippen molar-refractivity contribution in [2.45, 2.75) is 170 Å². The Balaban J connectivity index is 1.08. The van der Waals surface area contributed by atoms with Crippen molar-refractivity contribution in [1.82, 2.24) is 0 Å². The van der Waals surface area contributed by atoms with Crippen LogP contribution in [0.3, 0.4) is 0 Å². The number of ketones is 1. The van der Waals surface area contributed by atoms with Crippen molar-refractivity contribution in [2.24, 2.45) is 34.5 Å². The van der Waals surface area contributed by atoms with Crippen molar-refractivity contribution in [3.63, 3.8) is 0 Å². The third-order valence-electron chi connectivity index (χ3n) is 14.9. The Morgan fingerprint density at radius 2 is 1.30 bits per heavy atom. The summed E-state index contributed by atoms with van der Waals surface area (Å²) in [5.41, 5.74) is 1.22. The molecule has 7 rings (SSSR count). The van der Waals surface area contributed by atoms with Crippen molar-refractivity contribution < 1.29 is 84.3 Å². The maximum atomic E-state index is 12.6. The van der Waals surface area contributed by atoms with E-state index < -0.39 is 118 Å². The number of hydrogen-bond acceptors (Lipinski definition) is 17. The predicted octanol–water partition coefficient (Wildman–Crippen LogP) is -2.01. The van der Waals surface area contributed by atoms with Gasteiger partial charge in [-0.3, -0.25) is 4.79 Å². The molecule has 0 radical (unpaired) electrons. The molecule has 0 unspecified atom stereocenters. The topological polar surface area (TPSA) is 275 Å². The fourth-order valence-corrected chi connectivity index (χ4v) is 11.6. The Morgan fingerprint density at radius 3 is 1.95 bits per heavy atom. The summed E-state index contributed by atoms with van der Waals surface area (Å²) in [6, 6.07) is 0. The second kappa shape index (κ2) is 16.7. The number of aliphatic hydroxyl groups excluding tert-OH is 10. The summed E-state index contributed by atoms with van der Waals surface area (Å²) >= 11 is 0. The number of fused-ring (bicyclic) bond motifs is 5. The highest BCUT2D eigenvalue weighted by atomic mass is 16.8. The van der Waals surface area contributed by atoms with Crippen molar-refractivity contribution >= 4 is 5.78 Å². The Hall–Kier alpha value is -1.23. The first-order valence-electron chi connectivity index (χ1n) is 20.3. The molecule has 0 aromatic rings. The summed E-state index contributed by atoms with van der Waals surface area (Å²) in [5.74, 6) is 1.85. The average molecular weight is 803 g/mol. The molecule has 6 fully saturated rings. The van der Waals surface area contributed by atoms with Gasteiger partial charge in [-0.2, -0.15) is 0 Å². The molecule has 0 spiro atoms. The molecular formula is C39H62O17. The molecule has 0 bridgehead atoms. The quantitative estimate of drug-likeness (QED) is 0.107. The summed E-state index contributed by atoms with van der Waals surface area (Å²) in [7, 11) is 0. The number of aliphatic hydroxyl groups is 10. The van der Waals surface area contributed by atoms with Gasteiger partial charge in [-0.05, 0) is 86.9 Å². The van der Waals surface area contributed by atoms with Crippen molar-refractivity contribution in [2.75, 3.05) is 19.8 Å². The van der Waals surface area contributed by atoms with E-state index >= 15 is 0 Å². The third kappa shape index (κ3) is 7.45. The summed E-state index contributed by atoms with van der Waals surface area (Å²) in [6.45, 7) is 4.47. The minimum atomic E-state index is -1.82. The molecule has 3 aliphatic heterocycles. The molecule has 7 aliphatic rings. The standard InChI is InChI=1S/C39H62O17/c1-16(42)20-6-7-21-19-5-4-17-12-18(8-10-38(17,2)22(19)9-11-39(20,21)3)52-37-34(56-36-33(50)30(47)27(44)24(14-41)54-36)31(48)28(45)25(55-37)15-51-35-32(49)29(46)26(43)23(13-40)53-35/h4,18-37,40-41,43-50H,5-15H2,1-3H3/t18-,19+,20+,21+,22+,23+,24+,25+,26+,27+,28+,29-,30-,31-,32+,33+,34+,35-,36-,37+,38-,39+/m0/s1. The van der Waals surface area contributed by atoms with Gasteiger partial charge < -0.3 is 79.5 Å². The predicted molar refractivity (Wildman–Crippen MR) is 190 cm³/mol. The summed E-state index contributed by atoms with van der Waals surface area (Å²) in [6.07, 6.45) is -15.0. The van der Waals surface area contributed by atoms with E-state index in [1.165, 1.54) is 5.57 Å². The molecule has 3 saturated carbocycles. The number of carbonyl (C=O) groups excluding carboxylic acids is 1. The van der Waals surface area contributed by atoms with E-state index in [4.69, 9.17) is 28.4 Å². The van der Waals surface area contributed by atoms with Gasteiger partial charge in [-0.15, -0.1) is 0 Å². The van der Waals surface area contributed by atoms with Crippen LogP contribution in [0.1, 0.15) is 72.1 Å². The first kappa shape index (κ1) is 42.9. The lowest BCUT2D eigenvalue weighted by molar-refractivity contribution is -0.376. The number of carbonyl (C=O) groups is 1. The van der Waals surface area contributed by atoms with Gasteiger partial charge in [-0.1, -0.05) is 25.5 Å². The highest BCUT2D eigenvalue weighted by molar-refractivity contribution is 5.79. The van der Waals surface area contributed by atoms with Crippen molar-refractivity contribution in [3.05, 3.63) is 11.6 Å². The van der Waals surface area contributed by atoms with Crippen LogP contribution in [0.15, 0.2) is 11.6 Å². The van der Waals surface area contributed by atoms with E-state index in [9.17, 15) is 55.9 Å². The van der Waals surface area contributed by atoms with E-state index in [1.54, 1.807) is 6.92 Å². The van der Waals surface area contributed by atoms with Crippen LogP contribution in [0, 0.1) is 34.5 Å². The summed E-state index contributed by atoms with van der Waals surface area (Å²) < 4.78 is 35.4. The highest BCUT2D eigenvalue weighted by Crippen LogP contribution is 2.66. The van der Waals surface area contributed by atoms with Gasteiger partial charge in [0, 0.05) is 5.92 Å². The fraction of sp³-hybridized carbons (Fsp3) is 0.923. The van der Waals surface area contributed by atoms with Gasteiger partial charge in [0.2, 0.25) is 0 Å². The van der Waals surface area contributed by atoms with Gasteiger partial charge in [0.25, 0.3) is 0 Å². The molecule has 56 heavy (non-hydrogen) atoms. The zero-order valence-corrected chi connectivity index (χ0v) is 32.2. The number of hydrogen-bond donors (Lipinski definition) is 10. The van der Waals surface area contributed by atoms with E-state index in [2.05, 4.69) is 19.9 Å². The van der Waals surface area contributed by atoms with E-state index in [0.29, 0.717) is 36.4 Å². The Kier molecular flexibility index (Phi) is 12.8. The van der Waals surface area contributed by atoms with Crippen LogP contribution in [0.25, 0.3) is 0 Å². The molecular weight excluding hydrogens is 740 g/mol. The molecule has 17 heteroatoms. The third-order valence-corrected chi connectivity index (χ3v) is 14.9. The fourth-order valence-electron chi connectivity index (χ4n) is 11.6. The minimum absolute atomic E-state index is 0.0256. The van der Waals surface area contributed by atoms with Crippen LogP contribution >= 0.6 is 0 Å². The van der Waals surface area contributed by atoms with Gasteiger partial charge >= 0.3 is 0 Å². The van der Waals surface area contributed by atoms with Gasteiger partial charge in [0.1, 0.15) is 79.0 Å². The Labute approximate surface area is 326 Å². The first-order chi connectivity index (χ1) is 26.5. The van der Waals surface area contributed by atoms with Gasteiger partial charge in [-0.25, -0.2) is 0 Å². The molecule has 3 heterocycles. The zero-order valence-electron chi connectivity index (χ0n) is 32.2. The molecule has 0 aromatic heterocycles. The molecule has 17 nitrogen and oxygen atoms in total. The summed E-state index contributed by atoms with van der Waals surface area (Å²) in [5, 5.41) is 104. The summed E-state index contributed by atoms with van der Waals surface area (Å²) in [4.78, 5) is 12.6. The van der Waals surface area contributed by atoms with E-state index in [0.717, 1.165) is 38.5 Å². The SMILES string of the molecule is CC(=O)[C@H]1CC[C@@H]2[C@H]3CC=C4C[C@@H](O[C@@H]5O[C@H](CO[C@H]6O[C@H](CO)[C@@H](O)[C@H](O)[C@H]6O)[C@@H](O)[C@H](O)[C@H]5O[C@@H]5O[C@H](CO)[C@@H](O)[C@H](O)[C@H]5O)CC[C@]4(C)[C@@H]3CC[C@]12C. The molecule has 3 saturated heterocycles. The number of allylic oxidation sites excluding steroid dienone is 1. The zero-order chi connectivity index (χ0) is 40.4. The maximum Gasteiger partial charge on any atom is 0.187 e. The minimum Gasteiger partial charge on any atom is -0.394 e. The second-order valence-corrected chi connectivity index (χ2v) is 17.9. The smallest absolute Gasteiger partial charge is 0.187 e. The largest absolute Gasteiger partial charge is 0.394 e. The lowest BCUT2D eigenvalue weighted by Gasteiger charge is -2.58. The second-order valence-electron chi connectivity index (χ2n) is 17.9. The number of ether oxygens (including phenoxy) is 6. The Morgan fingerprint density at radius 1 is 0.696 bits per heavy atom. The van der Waals surface area contributed by atoms with Crippen LogP contribution < -0.4 is 0 Å². The van der Waals surface area contributed by atoms with Crippen molar-refractivity contribution in [1.29, 1.82) is 0 Å². The monoisotopic (exact) mass is 802 g/mol. The van der Waals surface area contributed by atoms with E-state index in [1.807, 2.05) is 0 Å². The molecule has 4 aliphatic carbocycles. The first-order valence-corrected chi connectivity index (χ1v) is 20.3. The maximum absolute atomic E-state index is 12.6. The molecule has 0 amide bonds. The van der Waals surface area contributed by atoms with E-state index in [-0.39, 0.29) is 16.7 Å². The van der Waals surface area contributed by atoms with Gasteiger partial charge in [0.15, 0.2) is 18.9 Å². The lowest BCUT2D eigenvalue weighted by atomic mass is 9.47. The Bertz CT molecular complexity index is 1410. The van der Waals surface area contributed by atoms with Crippen LogP contribution in [0.4, 0.5) is 0 Å². The molecule has 22 atom stereocenters. The highest BCUT2D eigenvalue weighted by Gasteiger charge is 2.60.